The molecular weight excluding hydrogens is 223 g/mol. The maximum absolute atomic E-state index is 12.4. The molecular formula is C10H8F3NO2. The molecule has 16 heavy (non-hydrogen) atoms. The average molecular weight is 231 g/mol. The van der Waals surface area contributed by atoms with Gasteiger partial charge < -0.3 is 9.94 Å². The SMILES string of the molecule is OC1(C(F)(F)F)CC(c2ccccc2)=NO1. The van der Waals surface area contributed by atoms with E-state index in [0.29, 0.717) is 5.56 Å². The van der Waals surface area contributed by atoms with Gasteiger partial charge in [-0.25, -0.2) is 0 Å². The molecule has 0 amide bonds. The van der Waals surface area contributed by atoms with Gasteiger partial charge in [0.05, 0.1) is 12.1 Å². The highest BCUT2D eigenvalue weighted by molar-refractivity contribution is 6.01. The number of hydrogen-bond acceptors (Lipinski definition) is 3. The van der Waals surface area contributed by atoms with Gasteiger partial charge in [-0.05, 0) is 5.56 Å². The third-order valence-electron chi connectivity index (χ3n) is 2.26. The van der Waals surface area contributed by atoms with Crippen molar-refractivity contribution < 1.29 is 23.1 Å². The highest BCUT2D eigenvalue weighted by Gasteiger charge is 2.60. The number of alkyl halides is 3. The van der Waals surface area contributed by atoms with E-state index in [9.17, 15) is 18.3 Å². The number of oxime groups is 1. The van der Waals surface area contributed by atoms with Gasteiger partial charge in [-0.2, -0.15) is 13.2 Å². The molecule has 2 rings (SSSR count). The van der Waals surface area contributed by atoms with Crippen LogP contribution in [0.15, 0.2) is 35.5 Å². The zero-order valence-electron chi connectivity index (χ0n) is 8.03. The number of nitrogens with zero attached hydrogens (tertiary/aromatic N) is 1. The molecule has 0 radical (unpaired) electrons. The quantitative estimate of drug-likeness (QED) is 0.803. The van der Waals surface area contributed by atoms with Crippen LogP contribution in [0.4, 0.5) is 13.2 Å². The maximum atomic E-state index is 12.4. The van der Waals surface area contributed by atoms with Crippen molar-refractivity contribution in [3.05, 3.63) is 35.9 Å². The van der Waals surface area contributed by atoms with Crippen LogP contribution in [0.25, 0.3) is 0 Å². The predicted octanol–water partition coefficient (Wildman–Crippen LogP) is 2.06. The number of hydrogen-bond donors (Lipinski definition) is 1. The molecule has 1 aliphatic rings. The minimum atomic E-state index is -4.85. The van der Waals surface area contributed by atoms with Crippen LogP contribution in [0.3, 0.4) is 0 Å². The Bertz CT molecular complexity index is 416. The highest BCUT2D eigenvalue weighted by Crippen LogP contribution is 2.38. The first-order valence-corrected chi connectivity index (χ1v) is 4.52. The fraction of sp³-hybridized carbons (Fsp3) is 0.300. The number of aliphatic hydroxyl groups is 1. The highest BCUT2D eigenvalue weighted by atomic mass is 19.4. The van der Waals surface area contributed by atoms with Crippen molar-refractivity contribution in [1.29, 1.82) is 0 Å². The second kappa shape index (κ2) is 3.48. The molecule has 1 heterocycles. The van der Waals surface area contributed by atoms with Crippen molar-refractivity contribution in [3.63, 3.8) is 0 Å². The first-order valence-electron chi connectivity index (χ1n) is 4.52. The van der Waals surface area contributed by atoms with Crippen LogP contribution in [-0.2, 0) is 4.84 Å². The lowest BCUT2D eigenvalue weighted by atomic mass is 10.0. The molecule has 1 atom stereocenters. The summed E-state index contributed by atoms with van der Waals surface area (Å²) in [5.74, 6) is -3.20. The summed E-state index contributed by atoms with van der Waals surface area (Å²) in [5.41, 5.74) is 0.586. The van der Waals surface area contributed by atoms with E-state index in [1.807, 2.05) is 0 Å². The van der Waals surface area contributed by atoms with Gasteiger partial charge in [-0.15, -0.1) is 0 Å². The first-order chi connectivity index (χ1) is 7.42. The maximum Gasteiger partial charge on any atom is 0.458 e. The molecule has 86 valence electrons. The number of rotatable bonds is 1. The van der Waals surface area contributed by atoms with Gasteiger partial charge in [-0.1, -0.05) is 35.5 Å². The van der Waals surface area contributed by atoms with Gasteiger partial charge in [0.1, 0.15) is 0 Å². The lowest BCUT2D eigenvalue weighted by Crippen LogP contribution is -2.45. The molecule has 0 saturated carbocycles. The van der Waals surface area contributed by atoms with E-state index in [2.05, 4.69) is 9.99 Å². The van der Waals surface area contributed by atoms with Crippen LogP contribution in [0.1, 0.15) is 12.0 Å². The van der Waals surface area contributed by atoms with Crippen molar-refractivity contribution in [1.82, 2.24) is 0 Å². The molecule has 0 bridgehead atoms. The molecule has 0 fully saturated rings. The largest absolute Gasteiger partial charge is 0.458 e. The van der Waals surface area contributed by atoms with Gasteiger partial charge in [0.25, 0.3) is 0 Å². The van der Waals surface area contributed by atoms with Crippen LogP contribution in [0, 0.1) is 0 Å². The Kier molecular flexibility index (Phi) is 2.38. The summed E-state index contributed by atoms with van der Waals surface area (Å²) >= 11 is 0. The molecule has 1 N–H and O–H groups in total. The molecule has 3 nitrogen and oxygen atoms in total. The number of benzene rings is 1. The summed E-state index contributed by atoms with van der Waals surface area (Å²) < 4.78 is 37.2. The van der Waals surface area contributed by atoms with E-state index in [-0.39, 0.29) is 5.71 Å². The van der Waals surface area contributed by atoms with E-state index in [1.54, 1.807) is 30.3 Å². The normalized spacial score (nSPS) is 25.1. The fourth-order valence-electron chi connectivity index (χ4n) is 1.36. The fourth-order valence-corrected chi connectivity index (χ4v) is 1.36. The van der Waals surface area contributed by atoms with E-state index >= 15 is 0 Å². The zero-order chi connectivity index (χ0) is 11.8. The lowest BCUT2D eigenvalue weighted by Gasteiger charge is -2.22. The monoisotopic (exact) mass is 231 g/mol. The molecule has 1 aromatic carbocycles. The Morgan fingerprint density at radius 1 is 1.25 bits per heavy atom. The topological polar surface area (TPSA) is 41.8 Å². The third-order valence-corrected chi connectivity index (χ3v) is 2.26. The lowest BCUT2D eigenvalue weighted by molar-refractivity contribution is -0.355. The van der Waals surface area contributed by atoms with Crippen molar-refractivity contribution in [2.75, 3.05) is 0 Å². The van der Waals surface area contributed by atoms with Crippen LogP contribution >= 0.6 is 0 Å². The van der Waals surface area contributed by atoms with E-state index in [0.717, 1.165) is 0 Å². The van der Waals surface area contributed by atoms with Gasteiger partial charge in [0.15, 0.2) is 0 Å². The molecule has 1 aliphatic heterocycles. The summed E-state index contributed by atoms with van der Waals surface area (Å²) in [6, 6.07) is 8.27. The minimum Gasteiger partial charge on any atom is -0.350 e. The molecule has 1 aromatic rings. The zero-order valence-corrected chi connectivity index (χ0v) is 8.03. The van der Waals surface area contributed by atoms with Crippen LogP contribution in [0.5, 0.6) is 0 Å². The van der Waals surface area contributed by atoms with E-state index in [4.69, 9.17) is 0 Å². The Labute approximate surface area is 89.1 Å². The first kappa shape index (κ1) is 10.9. The van der Waals surface area contributed by atoms with Crippen molar-refractivity contribution in [2.24, 2.45) is 5.16 Å². The van der Waals surface area contributed by atoms with Gasteiger partial charge in [-0.3, -0.25) is 0 Å². The molecule has 0 aromatic heterocycles. The summed E-state index contributed by atoms with van der Waals surface area (Å²) in [6.45, 7) is 0. The molecule has 0 saturated heterocycles. The van der Waals surface area contributed by atoms with Crippen LogP contribution < -0.4 is 0 Å². The standard InChI is InChI=1S/C10H8F3NO2/c11-10(12,13)9(15)6-8(14-16-9)7-4-2-1-3-5-7/h1-5,15H,6H2. The van der Waals surface area contributed by atoms with Gasteiger partial charge >= 0.3 is 12.0 Å². The molecule has 6 heteroatoms. The van der Waals surface area contributed by atoms with Crippen molar-refractivity contribution >= 4 is 5.71 Å². The van der Waals surface area contributed by atoms with Crippen LogP contribution in [-0.4, -0.2) is 22.8 Å². The molecule has 0 spiro atoms. The second-order valence-electron chi connectivity index (χ2n) is 3.45. The molecule has 0 aliphatic carbocycles. The Balaban J connectivity index is 2.20. The van der Waals surface area contributed by atoms with Gasteiger partial charge in [0, 0.05) is 0 Å². The third kappa shape index (κ3) is 1.76. The summed E-state index contributed by atoms with van der Waals surface area (Å²) in [5, 5.41) is 12.5. The second-order valence-corrected chi connectivity index (χ2v) is 3.45. The van der Waals surface area contributed by atoms with E-state index in [1.165, 1.54) is 0 Å². The van der Waals surface area contributed by atoms with E-state index < -0.39 is 18.4 Å². The van der Waals surface area contributed by atoms with Crippen molar-refractivity contribution in [3.8, 4) is 0 Å². The molecule has 1 unspecified atom stereocenters. The Hall–Kier alpha value is -1.56. The van der Waals surface area contributed by atoms with Crippen LogP contribution in [0.2, 0.25) is 0 Å². The Morgan fingerprint density at radius 3 is 2.38 bits per heavy atom. The van der Waals surface area contributed by atoms with Gasteiger partial charge in [0.2, 0.25) is 0 Å². The summed E-state index contributed by atoms with van der Waals surface area (Å²) in [4.78, 5) is 4.09. The predicted molar refractivity (Wildman–Crippen MR) is 49.7 cm³/mol. The number of halogens is 3. The van der Waals surface area contributed by atoms with Crippen molar-refractivity contribution in [2.45, 2.75) is 18.4 Å². The average Bonchev–Trinajstić information content (AvgIpc) is 2.63. The minimum absolute atomic E-state index is 0.0837. The summed E-state index contributed by atoms with van der Waals surface area (Å²) in [6.07, 6.45) is -5.55. The smallest absolute Gasteiger partial charge is 0.350 e. The Morgan fingerprint density at radius 2 is 1.88 bits per heavy atom. The summed E-state index contributed by atoms with van der Waals surface area (Å²) in [7, 11) is 0.